The second kappa shape index (κ2) is 12.0. The number of ketones is 1. The number of carbonyl (C=O) groups is 3. The summed E-state index contributed by atoms with van der Waals surface area (Å²) in [5, 5.41) is 15.7. The second-order valence-corrected chi connectivity index (χ2v) is 7.89. The fourth-order valence-electron chi connectivity index (χ4n) is 2.70. The number of hydrogen-bond donors (Lipinski definition) is 3. The van der Waals surface area contributed by atoms with E-state index in [9.17, 15) is 19.5 Å². The molecule has 0 spiro atoms. The summed E-state index contributed by atoms with van der Waals surface area (Å²) in [6, 6.07) is 14.0. The van der Waals surface area contributed by atoms with Crippen LogP contribution < -0.4 is 15.9 Å². The highest BCUT2D eigenvalue weighted by molar-refractivity contribution is 6.11. The van der Waals surface area contributed by atoms with E-state index >= 15 is 0 Å². The fourth-order valence-corrected chi connectivity index (χ4v) is 2.70. The molecule has 0 heterocycles. The van der Waals surface area contributed by atoms with Crippen LogP contribution in [0.25, 0.3) is 0 Å². The van der Waals surface area contributed by atoms with Crippen molar-refractivity contribution >= 4 is 36.3 Å². The summed E-state index contributed by atoms with van der Waals surface area (Å²) in [4.78, 5) is 38.2. The lowest BCUT2D eigenvalue weighted by Gasteiger charge is -2.30. The molecule has 2 aromatic carbocycles. The Hall–Kier alpha value is -3.43. The van der Waals surface area contributed by atoms with Gasteiger partial charge in [0.25, 0.3) is 5.91 Å². The molecular formula is C23H28ClN3O6. The first-order chi connectivity index (χ1) is 15.1. The monoisotopic (exact) mass is 477 g/mol. The highest BCUT2D eigenvalue weighted by Gasteiger charge is 2.50. The zero-order valence-corrected chi connectivity index (χ0v) is 19.4. The molecule has 0 aliphatic rings. The molecule has 0 aliphatic heterocycles. The van der Waals surface area contributed by atoms with Gasteiger partial charge in [0.15, 0.2) is 0 Å². The molecule has 1 amide bonds. The van der Waals surface area contributed by atoms with Crippen LogP contribution in [0.2, 0.25) is 0 Å². The number of amides is 1. The first-order valence-electron chi connectivity index (χ1n) is 9.88. The number of carbonyl (C=O) groups excluding carboxylic acids is 2. The van der Waals surface area contributed by atoms with E-state index in [2.05, 4.69) is 10.4 Å². The molecule has 0 saturated heterocycles. The SMILES string of the molecule is CC(C)(C)OCCC(=O)C(NC(=O)c1ccc(C=NN)cc1)(Oc1ccccc1)C(=O)O.Cl. The smallest absolute Gasteiger partial charge is 0.378 e. The molecule has 0 fully saturated rings. The molecule has 0 radical (unpaired) electrons. The van der Waals surface area contributed by atoms with Crippen molar-refractivity contribution in [1.82, 2.24) is 5.32 Å². The molecular weight excluding hydrogens is 450 g/mol. The first-order valence-corrected chi connectivity index (χ1v) is 9.88. The van der Waals surface area contributed by atoms with Crippen molar-refractivity contribution in [2.24, 2.45) is 10.9 Å². The van der Waals surface area contributed by atoms with Crippen molar-refractivity contribution in [3.05, 3.63) is 65.7 Å². The molecule has 0 saturated carbocycles. The van der Waals surface area contributed by atoms with Crippen molar-refractivity contribution in [2.45, 2.75) is 38.5 Å². The maximum Gasteiger partial charge on any atom is 0.378 e. The summed E-state index contributed by atoms with van der Waals surface area (Å²) >= 11 is 0. The Morgan fingerprint density at radius 3 is 2.18 bits per heavy atom. The van der Waals surface area contributed by atoms with Gasteiger partial charge in [0.2, 0.25) is 5.78 Å². The van der Waals surface area contributed by atoms with E-state index in [1.54, 1.807) is 30.3 Å². The van der Waals surface area contributed by atoms with Gasteiger partial charge in [0.1, 0.15) is 5.75 Å². The summed E-state index contributed by atoms with van der Waals surface area (Å²) in [6.45, 7) is 5.38. The van der Waals surface area contributed by atoms with Gasteiger partial charge in [-0.15, -0.1) is 12.4 Å². The van der Waals surface area contributed by atoms with Crippen LogP contribution in [0, 0.1) is 0 Å². The number of hydrogen-bond acceptors (Lipinski definition) is 7. The molecule has 33 heavy (non-hydrogen) atoms. The van der Waals surface area contributed by atoms with Crippen molar-refractivity contribution in [2.75, 3.05) is 6.61 Å². The average molecular weight is 478 g/mol. The van der Waals surface area contributed by atoms with Crippen LogP contribution in [0.3, 0.4) is 0 Å². The van der Waals surface area contributed by atoms with E-state index in [-0.39, 0.29) is 36.7 Å². The van der Waals surface area contributed by atoms with Gasteiger partial charge < -0.3 is 20.4 Å². The van der Waals surface area contributed by atoms with Gasteiger partial charge in [-0.25, -0.2) is 4.79 Å². The number of carboxylic acid groups (broad SMARTS) is 1. The summed E-state index contributed by atoms with van der Waals surface area (Å²) in [5.74, 6) is 1.90. The lowest BCUT2D eigenvalue weighted by molar-refractivity contribution is -0.165. The predicted octanol–water partition coefficient (Wildman–Crippen LogP) is 2.77. The van der Waals surface area contributed by atoms with Gasteiger partial charge in [-0.05, 0) is 50.6 Å². The molecule has 0 bridgehead atoms. The van der Waals surface area contributed by atoms with Crippen LogP contribution in [-0.4, -0.2) is 46.9 Å². The third-order valence-corrected chi connectivity index (χ3v) is 4.26. The topological polar surface area (TPSA) is 140 Å². The Bertz CT molecular complexity index is 974. The van der Waals surface area contributed by atoms with Gasteiger partial charge in [-0.1, -0.05) is 30.3 Å². The Balaban J connectivity index is 0.00000544. The molecule has 2 rings (SSSR count). The number of ether oxygens (including phenoxy) is 2. The molecule has 9 nitrogen and oxygen atoms in total. The first kappa shape index (κ1) is 27.6. The van der Waals surface area contributed by atoms with Crippen LogP contribution in [0.5, 0.6) is 5.75 Å². The van der Waals surface area contributed by atoms with E-state index in [0.717, 1.165) is 0 Å². The van der Waals surface area contributed by atoms with E-state index in [1.807, 2.05) is 20.8 Å². The Morgan fingerprint density at radius 1 is 1.06 bits per heavy atom. The van der Waals surface area contributed by atoms with E-state index in [4.69, 9.17) is 15.3 Å². The molecule has 178 valence electrons. The van der Waals surface area contributed by atoms with E-state index in [0.29, 0.717) is 5.56 Å². The molecule has 0 aliphatic carbocycles. The Kier molecular flexibility index (Phi) is 10.0. The molecule has 0 aromatic heterocycles. The minimum absolute atomic E-state index is 0. The Labute approximate surface area is 198 Å². The number of nitrogens with one attached hydrogen (secondary N) is 1. The lowest BCUT2D eigenvalue weighted by atomic mass is 10.0. The Morgan fingerprint density at radius 2 is 1.67 bits per heavy atom. The maximum absolute atomic E-state index is 13.1. The molecule has 1 unspecified atom stereocenters. The number of nitrogens with zero attached hydrogens (tertiary/aromatic N) is 1. The molecule has 4 N–H and O–H groups in total. The van der Waals surface area contributed by atoms with Gasteiger partial charge in [0, 0.05) is 12.0 Å². The van der Waals surface area contributed by atoms with Crippen LogP contribution in [0.15, 0.2) is 59.7 Å². The summed E-state index contributed by atoms with van der Waals surface area (Å²) in [6.07, 6.45) is 1.10. The number of halogens is 1. The summed E-state index contributed by atoms with van der Waals surface area (Å²) in [5.41, 5.74) is -2.40. The molecule has 2 aromatic rings. The van der Waals surface area contributed by atoms with Gasteiger partial charge >= 0.3 is 11.7 Å². The molecule has 1 atom stereocenters. The van der Waals surface area contributed by atoms with Gasteiger partial charge in [-0.2, -0.15) is 5.10 Å². The number of nitrogens with two attached hydrogens (primary N) is 1. The van der Waals surface area contributed by atoms with Crippen LogP contribution in [0.1, 0.15) is 43.1 Å². The predicted molar refractivity (Wildman–Crippen MR) is 126 cm³/mol. The van der Waals surface area contributed by atoms with E-state index in [1.165, 1.54) is 30.5 Å². The standard InChI is InChI=1S/C23H27N3O6.ClH/c1-22(2,3)31-14-13-19(27)23(21(29)30,32-18-7-5-4-6-8-18)26-20(28)17-11-9-16(10-12-17)15-25-24;/h4-12,15H,13-14,24H2,1-3H3,(H,26,28)(H,29,30);1H. The van der Waals surface area contributed by atoms with E-state index < -0.39 is 29.0 Å². The number of Topliss-reactive ketones (excluding diaryl/α,β-unsaturated/α-hetero) is 1. The third-order valence-electron chi connectivity index (χ3n) is 4.26. The number of carboxylic acids is 1. The average Bonchev–Trinajstić information content (AvgIpc) is 2.73. The van der Waals surface area contributed by atoms with Gasteiger partial charge in [-0.3, -0.25) is 14.9 Å². The van der Waals surface area contributed by atoms with Crippen LogP contribution in [-0.2, 0) is 14.3 Å². The third kappa shape index (κ3) is 7.89. The van der Waals surface area contributed by atoms with Crippen molar-refractivity contribution < 1.29 is 29.0 Å². The number of rotatable bonds is 10. The quantitative estimate of drug-likeness (QED) is 0.157. The van der Waals surface area contributed by atoms with Crippen molar-refractivity contribution in [3.63, 3.8) is 0 Å². The van der Waals surface area contributed by atoms with Crippen LogP contribution >= 0.6 is 12.4 Å². The highest BCUT2D eigenvalue weighted by atomic mass is 35.5. The highest BCUT2D eigenvalue weighted by Crippen LogP contribution is 2.21. The normalized spacial score (nSPS) is 12.9. The largest absolute Gasteiger partial charge is 0.476 e. The minimum atomic E-state index is -2.64. The molecule has 10 heteroatoms. The maximum atomic E-state index is 13.1. The fraction of sp³-hybridized carbons (Fsp3) is 0.304. The van der Waals surface area contributed by atoms with Gasteiger partial charge in [0.05, 0.1) is 18.4 Å². The van der Waals surface area contributed by atoms with Crippen LogP contribution in [0.4, 0.5) is 0 Å². The summed E-state index contributed by atoms with van der Waals surface area (Å²) in [7, 11) is 0. The number of benzene rings is 2. The number of para-hydroxylation sites is 1. The lowest BCUT2D eigenvalue weighted by Crippen LogP contribution is -2.64. The number of aliphatic carboxylic acids is 1. The number of hydrazone groups is 1. The van der Waals surface area contributed by atoms with Crippen molar-refractivity contribution in [1.29, 1.82) is 0 Å². The zero-order valence-electron chi connectivity index (χ0n) is 18.6. The summed E-state index contributed by atoms with van der Waals surface area (Å²) < 4.78 is 11.1. The second-order valence-electron chi connectivity index (χ2n) is 7.89. The minimum Gasteiger partial charge on any atom is -0.476 e. The van der Waals surface area contributed by atoms with Crippen molar-refractivity contribution in [3.8, 4) is 5.75 Å². The zero-order chi connectivity index (χ0) is 23.8.